The molecule has 5 heteroatoms. The number of hydrogen-bond donors (Lipinski definition) is 1. The monoisotopic (exact) mass is 252 g/mol. The van der Waals surface area contributed by atoms with E-state index in [-0.39, 0.29) is 24.1 Å². The third kappa shape index (κ3) is 5.14. The van der Waals surface area contributed by atoms with Gasteiger partial charge in [-0.05, 0) is 19.4 Å². The van der Waals surface area contributed by atoms with E-state index in [1.807, 2.05) is 13.8 Å². The third-order valence-corrected chi connectivity index (χ3v) is 2.41. The van der Waals surface area contributed by atoms with Crippen molar-refractivity contribution >= 4 is 5.91 Å². The molecule has 1 heterocycles. The molecule has 100 valence electrons. The van der Waals surface area contributed by atoms with Crippen LogP contribution >= 0.6 is 0 Å². The van der Waals surface area contributed by atoms with Crippen molar-refractivity contribution in [1.29, 1.82) is 0 Å². The van der Waals surface area contributed by atoms with E-state index in [0.29, 0.717) is 13.2 Å². The van der Waals surface area contributed by atoms with Crippen molar-refractivity contribution in [2.75, 3.05) is 13.2 Å². The molecule has 5 nitrogen and oxygen atoms in total. The van der Waals surface area contributed by atoms with Gasteiger partial charge in [0, 0.05) is 25.4 Å². The molecule has 0 aliphatic rings. The highest BCUT2D eigenvalue weighted by Crippen LogP contribution is 1.91. The van der Waals surface area contributed by atoms with E-state index in [0.717, 1.165) is 6.42 Å². The maximum Gasteiger partial charge on any atom is 0.250 e. The summed E-state index contributed by atoms with van der Waals surface area (Å²) in [7, 11) is 0. The highest BCUT2D eigenvalue weighted by Gasteiger charge is 2.06. The minimum absolute atomic E-state index is 0.0126. The normalized spacial score (nSPS) is 12.1. The lowest BCUT2D eigenvalue weighted by Crippen LogP contribution is -2.36. The standard InChI is InChI=1S/C13H20N2O3/c1-3-8-18-11(2)9-14-12(16)10-15-7-5-4-6-13(15)17/h4-7,11H,3,8-10H2,1-2H3,(H,14,16)/t11-/m0/s1. The SMILES string of the molecule is CCCO[C@@H](C)CNC(=O)Cn1ccccc1=O. The average molecular weight is 252 g/mol. The summed E-state index contributed by atoms with van der Waals surface area (Å²) in [6.45, 7) is 5.13. The molecule has 0 aliphatic carbocycles. The molecule has 0 unspecified atom stereocenters. The smallest absolute Gasteiger partial charge is 0.250 e. The number of ether oxygens (including phenoxy) is 1. The largest absolute Gasteiger partial charge is 0.377 e. The Morgan fingerprint density at radius 1 is 1.50 bits per heavy atom. The number of rotatable bonds is 7. The summed E-state index contributed by atoms with van der Waals surface area (Å²) in [5, 5.41) is 2.74. The first-order chi connectivity index (χ1) is 8.63. The van der Waals surface area contributed by atoms with Gasteiger partial charge in [-0.25, -0.2) is 0 Å². The van der Waals surface area contributed by atoms with E-state index < -0.39 is 0 Å². The van der Waals surface area contributed by atoms with Crippen LogP contribution < -0.4 is 10.9 Å². The van der Waals surface area contributed by atoms with Crippen molar-refractivity contribution in [3.05, 3.63) is 34.7 Å². The Hall–Kier alpha value is -1.62. The van der Waals surface area contributed by atoms with Gasteiger partial charge in [-0.15, -0.1) is 0 Å². The first kappa shape index (κ1) is 14.4. The number of hydrogen-bond acceptors (Lipinski definition) is 3. The van der Waals surface area contributed by atoms with Crippen LogP contribution in [0.5, 0.6) is 0 Å². The highest BCUT2D eigenvalue weighted by molar-refractivity contribution is 5.75. The summed E-state index contributed by atoms with van der Waals surface area (Å²) in [6.07, 6.45) is 2.54. The Morgan fingerprint density at radius 2 is 2.28 bits per heavy atom. The van der Waals surface area contributed by atoms with E-state index in [1.165, 1.54) is 10.6 Å². The van der Waals surface area contributed by atoms with E-state index in [1.54, 1.807) is 18.3 Å². The number of aromatic nitrogens is 1. The van der Waals surface area contributed by atoms with Gasteiger partial charge < -0.3 is 14.6 Å². The molecule has 1 aromatic rings. The lowest BCUT2D eigenvalue weighted by atomic mass is 10.4. The van der Waals surface area contributed by atoms with Crippen molar-refractivity contribution in [2.24, 2.45) is 0 Å². The van der Waals surface area contributed by atoms with E-state index in [4.69, 9.17) is 4.74 Å². The fourth-order valence-corrected chi connectivity index (χ4v) is 1.44. The van der Waals surface area contributed by atoms with Crippen LogP contribution in [0.25, 0.3) is 0 Å². The summed E-state index contributed by atoms with van der Waals surface area (Å²) in [4.78, 5) is 23.0. The zero-order chi connectivity index (χ0) is 13.4. The first-order valence-corrected chi connectivity index (χ1v) is 6.17. The Balaban J connectivity index is 2.34. The lowest BCUT2D eigenvalue weighted by molar-refractivity contribution is -0.122. The fourth-order valence-electron chi connectivity index (χ4n) is 1.44. The topological polar surface area (TPSA) is 60.3 Å². The van der Waals surface area contributed by atoms with Crippen LogP contribution in [-0.2, 0) is 16.1 Å². The second kappa shape index (κ2) is 7.66. The number of carbonyl (C=O) groups is 1. The van der Waals surface area contributed by atoms with Gasteiger partial charge in [0.05, 0.1) is 6.10 Å². The van der Waals surface area contributed by atoms with Gasteiger partial charge in [0.25, 0.3) is 5.56 Å². The third-order valence-electron chi connectivity index (χ3n) is 2.41. The summed E-state index contributed by atoms with van der Waals surface area (Å²) >= 11 is 0. The van der Waals surface area contributed by atoms with Gasteiger partial charge in [-0.2, -0.15) is 0 Å². The van der Waals surface area contributed by atoms with Gasteiger partial charge in [-0.1, -0.05) is 13.0 Å². The van der Waals surface area contributed by atoms with Crippen LogP contribution in [0.2, 0.25) is 0 Å². The Kier molecular flexibility index (Phi) is 6.14. The van der Waals surface area contributed by atoms with Crippen LogP contribution in [0.1, 0.15) is 20.3 Å². The van der Waals surface area contributed by atoms with Gasteiger partial charge in [-0.3, -0.25) is 9.59 Å². The second-order valence-electron chi connectivity index (χ2n) is 4.15. The van der Waals surface area contributed by atoms with Crippen molar-refractivity contribution in [3.63, 3.8) is 0 Å². The molecule has 0 bridgehead atoms. The fraction of sp³-hybridized carbons (Fsp3) is 0.538. The molecule has 1 aromatic heterocycles. The predicted octanol–water partition coefficient (Wildman–Crippen LogP) is 0.780. The number of nitrogens with zero attached hydrogens (tertiary/aromatic N) is 1. The predicted molar refractivity (Wildman–Crippen MR) is 69.4 cm³/mol. The first-order valence-electron chi connectivity index (χ1n) is 6.17. The van der Waals surface area contributed by atoms with E-state index in [2.05, 4.69) is 5.32 Å². The molecule has 1 N–H and O–H groups in total. The molecule has 0 saturated heterocycles. The molecule has 0 aromatic carbocycles. The Labute approximate surface area is 107 Å². The summed E-state index contributed by atoms with van der Waals surface area (Å²) in [6, 6.07) is 4.80. The number of nitrogens with one attached hydrogen (secondary N) is 1. The number of amides is 1. The minimum Gasteiger partial charge on any atom is -0.377 e. The highest BCUT2D eigenvalue weighted by atomic mass is 16.5. The van der Waals surface area contributed by atoms with Crippen LogP contribution in [0.4, 0.5) is 0 Å². The maximum absolute atomic E-state index is 11.6. The quantitative estimate of drug-likeness (QED) is 0.780. The van der Waals surface area contributed by atoms with Gasteiger partial charge in [0.15, 0.2) is 0 Å². The average Bonchev–Trinajstić information content (AvgIpc) is 2.36. The zero-order valence-electron chi connectivity index (χ0n) is 10.9. The Bertz CT molecular complexity index is 428. The Morgan fingerprint density at radius 3 is 2.94 bits per heavy atom. The van der Waals surface area contributed by atoms with Gasteiger partial charge in [0.2, 0.25) is 5.91 Å². The van der Waals surface area contributed by atoms with Crippen molar-refractivity contribution in [2.45, 2.75) is 32.9 Å². The van der Waals surface area contributed by atoms with Crippen molar-refractivity contribution in [1.82, 2.24) is 9.88 Å². The molecule has 1 atom stereocenters. The molecular formula is C13H20N2O3. The molecule has 0 aliphatic heterocycles. The number of carbonyl (C=O) groups excluding carboxylic acids is 1. The van der Waals surface area contributed by atoms with E-state index in [9.17, 15) is 9.59 Å². The van der Waals surface area contributed by atoms with Crippen LogP contribution in [0.3, 0.4) is 0 Å². The van der Waals surface area contributed by atoms with Crippen LogP contribution in [-0.4, -0.2) is 29.7 Å². The summed E-state index contributed by atoms with van der Waals surface area (Å²) in [5.74, 6) is -0.185. The van der Waals surface area contributed by atoms with Crippen molar-refractivity contribution < 1.29 is 9.53 Å². The molecule has 0 fully saturated rings. The van der Waals surface area contributed by atoms with Crippen LogP contribution in [0.15, 0.2) is 29.2 Å². The molecule has 0 spiro atoms. The van der Waals surface area contributed by atoms with Gasteiger partial charge >= 0.3 is 0 Å². The van der Waals surface area contributed by atoms with Crippen molar-refractivity contribution in [3.8, 4) is 0 Å². The maximum atomic E-state index is 11.6. The molecular weight excluding hydrogens is 232 g/mol. The molecule has 0 saturated carbocycles. The number of pyridine rings is 1. The zero-order valence-corrected chi connectivity index (χ0v) is 10.9. The minimum atomic E-state index is -0.185. The van der Waals surface area contributed by atoms with Crippen LogP contribution in [0, 0.1) is 0 Å². The summed E-state index contributed by atoms with van der Waals surface area (Å²) < 4.78 is 6.80. The molecule has 18 heavy (non-hydrogen) atoms. The van der Waals surface area contributed by atoms with Gasteiger partial charge in [0.1, 0.15) is 6.54 Å². The molecule has 1 amide bonds. The second-order valence-corrected chi connectivity index (χ2v) is 4.15. The summed E-state index contributed by atoms with van der Waals surface area (Å²) in [5.41, 5.74) is -0.178. The lowest BCUT2D eigenvalue weighted by Gasteiger charge is -2.13. The molecule has 0 radical (unpaired) electrons. The molecule has 1 rings (SSSR count). The van der Waals surface area contributed by atoms with E-state index >= 15 is 0 Å².